The summed E-state index contributed by atoms with van der Waals surface area (Å²) >= 11 is 0. The highest BCUT2D eigenvalue weighted by Crippen LogP contribution is 2.12. The lowest BCUT2D eigenvalue weighted by Crippen LogP contribution is -2.44. The highest BCUT2D eigenvalue weighted by Gasteiger charge is 2.24. The monoisotopic (exact) mass is 391 g/mol. The summed E-state index contributed by atoms with van der Waals surface area (Å²) in [7, 11) is 0. The van der Waals surface area contributed by atoms with E-state index in [-0.39, 0.29) is 11.8 Å². The molecular formula is C22H34FN3O2. The van der Waals surface area contributed by atoms with Crippen molar-refractivity contribution in [3.05, 3.63) is 35.6 Å². The molecule has 6 heteroatoms. The number of halogens is 1. The topological polar surface area (TPSA) is 43.9 Å². The smallest absolute Gasteiger partial charge is 0.254 e. The van der Waals surface area contributed by atoms with Gasteiger partial charge in [0.05, 0.1) is 6.54 Å². The normalized spacial score (nSPS) is 15.8. The van der Waals surface area contributed by atoms with Crippen molar-refractivity contribution in [1.29, 1.82) is 0 Å². The van der Waals surface area contributed by atoms with Crippen molar-refractivity contribution < 1.29 is 14.0 Å². The van der Waals surface area contributed by atoms with Crippen molar-refractivity contribution in [3.8, 4) is 0 Å². The van der Waals surface area contributed by atoms with Gasteiger partial charge in [0.2, 0.25) is 5.91 Å². The van der Waals surface area contributed by atoms with Crippen molar-refractivity contribution >= 4 is 11.8 Å². The van der Waals surface area contributed by atoms with Crippen molar-refractivity contribution in [2.24, 2.45) is 11.8 Å². The second-order valence-corrected chi connectivity index (χ2v) is 8.52. The molecule has 1 heterocycles. The number of nitrogens with zero attached hydrogens (tertiary/aromatic N) is 3. The SMILES string of the molecule is CC(C)CN(CC(C)C)C(=O)CN1CCCN(C(=O)c2cccc(F)c2)CC1. The minimum atomic E-state index is -0.400. The minimum Gasteiger partial charge on any atom is -0.341 e. The molecule has 1 aliphatic heterocycles. The molecule has 1 saturated heterocycles. The summed E-state index contributed by atoms with van der Waals surface area (Å²) in [6, 6.07) is 5.83. The van der Waals surface area contributed by atoms with E-state index in [1.54, 1.807) is 17.0 Å². The standard InChI is InChI=1S/C22H34FN3O2/c1-17(2)14-26(15-18(3)4)21(27)16-24-9-6-10-25(12-11-24)22(28)19-7-5-8-20(23)13-19/h5,7-8,13,17-18H,6,9-12,14-16H2,1-4H3. The number of rotatable bonds is 7. The van der Waals surface area contributed by atoms with E-state index in [2.05, 4.69) is 32.6 Å². The van der Waals surface area contributed by atoms with E-state index < -0.39 is 5.82 Å². The highest BCUT2D eigenvalue weighted by molar-refractivity contribution is 5.94. The first-order chi connectivity index (χ1) is 13.3. The van der Waals surface area contributed by atoms with Gasteiger partial charge in [-0.25, -0.2) is 4.39 Å². The molecule has 2 amide bonds. The van der Waals surface area contributed by atoms with E-state index in [0.717, 1.165) is 26.1 Å². The summed E-state index contributed by atoms with van der Waals surface area (Å²) in [6.45, 7) is 13.1. The van der Waals surface area contributed by atoms with Crippen LogP contribution < -0.4 is 0 Å². The molecule has 1 aliphatic rings. The zero-order chi connectivity index (χ0) is 20.7. The van der Waals surface area contributed by atoms with Crippen LogP contribution in [0.1, 0.15) is 44.5 Å². The van der Waals surface area contributed by atoms with Crippen molar-refractivity contribution in [2.75, 3.05) is 45.8 Å². The molecule has 1 fully saturated rings. The number of hydrogen-bond acceptors (Lipinski definition) is 3. The van der Waals surface area contributed by atoms with Crippen LogP contribution in [0.5, 0.6) is 0 Å². The molecule has 0 N–H and O–H groups in total. The van der Waals surface area contributed by atoms with Crippen LogP contribution in [0.15, 0.2) is 24.3 Å². The second kappa shape index (κ2) is 10.6. The average Bonchev–Trinajstić information content (AvgIpc) is 2.85. The van der Waals surface area contributed by atoms with E-state index in [1.807, 2.05) is 4.90 Å². The lowest BCUT2D eigenvalue weighted by Gasteiger charge is -2.29. The summed E-state index contributed by atoms with van der Waals surface area (Å²) in [5.41, 5.74) is 0.379. The van der Waals surface area contributed by atoms with Gasteiger partial charge in [0.25, 0.3) is 5.91 Å². The molecule has 5 nitrogen and oxygen atoms in total. The summed E-state index contributed by atoms with van der Waals surface area (Å²) in [6.07, 6.45) is 0.808. The van der Waals surface area contributed by atoms with Crippen LogP contribution in [0.2, 0.25) is 0 Å². The lowest BCUT2D eigenvalue weighted by atomic mass is 10.1. The maximum absolute atomic E-state index is 13.4. The molecule has 156 valence electrons. The van der Waals surface area contributed by atoms with Crippen LogP contribution in [0, 0.1) is 17.7 Å². The summed E-state index contributed by atoms with van der Waals surface area (Å²) < 4.78 is 13.4. The highest BCUT2D eigenvalue weighted by atomic mass is 19.1. The van der Waals surface area contributed by atoms with E-state index in [9.17, 15) is 14.0 Å². The van der Waals surface area contributed by atoms with Gasteiger partial charge in [-0.15, -0.1) is 0 Å². The third kappa shape index (κ3) is 6.89. The van der Waals surface area contributed by atoms with Crippen LogP contribution in [0.25, 0.3) is 0 Å². The first-order valence-electron chi connectivity index (χ1n) is 10.3. The molecule has 0 aliphatic carbocycles. The van der Waals surface area contributed by atoms with Gasteiger partial charge in [0, 0.05) is 44.8 Å². The van der Waals surface area contributed by atoms with Gasteiger partial charge in [-0.3, -0.25) is 14.5 Å². The van der Waals surface area contributed by atoms with Gasteiger partial charge in [0.15, 0.2) is 0 Å². The quantitative estimate of drug-likeness (QED) is 0.717. The zero-order valence-corrected chi connectivity index (χ0v) is 17.7. The number of carbonyl (C=O) groups is 2. The third-order valence-corrected chi connectivity index (χ3v) is 4.83. The van der Waals surface area contributed by atoms with Gasteiger partial charge in [-0.1, -0.05) is 33.8 Å². The van der Waals surface area contributed by atoms with Crippen LogP contribution in [0.4, 0.5) is 4.39 Å². The lowest BCUT2D eigenvalue weighted by molar-refractivity contribution is -0.133. The Bertz CT molecular complexity index is 653. The Balaban J connectivity index is 1.93. The van der Waals surface area contributed by atoms with Gasteiger partial charge < -0.3 is 9.80 Å². The summed E-state index contributed by atoms with van der Waals surface area (Å²) in [5.74, 6) is 0.488. The Morgan fingerprint density at radius 2 is 1.71 bits per heavy atom. The molecule has 1 aromatic rings. The maximum atomic E-state index is 13.4. The molecule has 1 aromatic carbocycles. The number of carbonyl (C=O) groups excluding carboxylic acids is 2. The molecule has 2 rings (SSSR count). The number of amides is 2. The van der Waals surface area contributed by atoms with Crippen LogP contribution >= 0.6 is 0 Å². The fraction of sp³-hybridized carbons (Fsp3) is 0.636. The fourth-order valence-corrected chi connectivity index (χ4v) is 3.59. The summed E-state index contributed by atoms with van der Waals surface area (Å²) in [5, 5.41) is 0. The molecule has 0 spiro atoms. The first-order valence-corrected chi connectivity index (χ1v) is 10.3. The second-order valence-electron chi connectivity index (χ2n) is 8.52. The molecule has 0 aromatic heterocycles. The number of benzene rings is 1. The van der Waals surface area contributed by atoms with Crippen LogP contribution in [-0.2, 0) is 4.79 Å². The fourth-order valence-electron chi connectivity index (χ4n) is 3.59. The predicted molar refractivity (Wildman–Crippen MR) is 110 cm³/mol. The maximum Gasteiger partial charge on any atom is 0.254 e. The number of hydrogen-bond donors (Lipinski definition) is 0. The molecule has 0 atom stereocenters. The molecular weight excluding hydrogens is 357 g/mol. The first kappa shape index (κ1) is 22.3. The van der Waals surface area contributed by atoms with E-state index in [0.29, 0.717) is 43.6 Å². The molecule has 28 heavy (non-hydrogen) atoms. The van der Waals surface area contributed by atoms with Gasteiger partial charge in [-0.2, -0.15) is 0 Å². The van der Waals surface area contributed by atoms with Crippen molar-refractivity contribution in [3.63, 3.8) is 0 Å². The Hall–Kier alpha value is -1.95. The van der Waals surface area contributed by atoms with Gasteiger partial charge in [0.1, 0.15) is 5.82 Å². The van der Waals surface area contributed by atoms with Gasteiger partial charge in [-0.05, 0) is 36.5 Å². The molecule has 0 radical (unpaired) electrons. The Morgan fingerprint density at radius 3 is 2.32 bits per heavy atom. The Morgan fingerprint density at radius 1 is 1.04 bits per heavy atom. The van der Waals surface area contributed by atoms with E-state index >= 15 is 0 Å². The van der Waals surface area contributed by atoms with E-state index in [1.165, 1.54) is 12.1 Å². The van der Waals surface area contributed by atoms with Gasteiger partial charge >= 0.3 is 0 Å². The van der Waals surface area contributed by atoms with Crippen LogP contribution in [-0.4, -0.2) is 72.3 Å². The molecule has 0 bridgehead atoms. The van der Waals surface area contributed by atoms with Crippen molar-refractivity contribution in [2.45, 2.75) is 34.1 Å². The Labute approximate surface area is 168 Å². The van der Waals surface area contributed by atoms with Crippen LogP contribution in [0.3, 0.4) is 0 Å². The predicted octanol–water partition coefficient (Wildman–Crippen LogP) is 3.11. The molecule has 0 unspecified atom stereocenters. The largest absolute Gasteiger partial charge is 0.341 e. The van der Waals surface area contributed by atoms with E-state index in [4.69, 9.17) is 0 Å². The third-order valence-electron chi connectivity index (χ3n) is 4.83. The minimum absolute atomic E-state index is 0.145. The van der Waals surface area contributed by atoms with Crippen molar-refractivity contribution in [1.82, 2.24) is 14.7 Å². The Kier molecular flexibility index (Phi) is 8.42. The molecule has 0 saturated carbocycles. The zero-order valence-electron chi connectivity index (χ0n) is 17.7. The average molecular weight is 392 g/mol. The summed E-state index contributed by atoms with van der Waals surface area (Å²) in [4.78, 5) is 31.3.